The number of nitrogens with one attached hydrogen (secondary N) is 2. The van der Waals surface area contributed by atoms with Crippen LogP contribution < -0.4 is 15.4 Å². The highest BCUT2D eigenvalue weighted by atomic mass is 127. The van der Waals surface area contributed by atoms with E-state index in [1.54, 1.807) is 12.1 Å². The first-order chi connectivity index (χ1) is 15.2. The van der Waals surface area contributed by atoms with Crippen molar-refractivity contribution in [2.24, 2.45) is 5.92 Å². The second kappa shape index (κ2) is 9.68. The average molecular weight is 588 g/mol. The molecule has 2 unspecified atom stereocenters. The number of ether oxygens (including phenoxy) is 1. The van der Waals surface area contributed by atoms with Gasteiger partial charge in [-0.15, -0.1) is 11.3 Å². The number of halogens is 1. The third kappa shape index (κ3) is 5.63. The summed E-state index contributed by atoms with van der Waals surface area (Å²) in [6, 6.07) is 7.00. The van der Waals surface area contributed by atoms with Crippen molar-refractivity contribution in [1.29, 1.82) is 0 Å². The number of hydrogen-bond acceptors (Lipinski definition) is 6. The SMILES string of the molecule is CC1CCc2c(sc(NC(=O)COc3ccc(I)cc3)c2C(=O)NC2CCS(=O)(=O)C2)C1. The van der Waals surface area contributed by atoms with Crippen molar-refractivity contribution < 1.29 is 22.7 Å². The molecule has 0 spiro atoms. The topological polar surface area (TPSA) is 102 Å². The van der Waals surface area contributed by atoms with Crippen LogP contribution in [0.15, 0.2) is 24.3 Å². The van der Waals surface area contributed by atoms with E-state index in [-0.39, 0.29) is 29.9 Å². The molecule has 172 valence electrons. The van der Waals surface area contributed by atoms with E-state index in [0.717, 1.165) is 33.3 Å². The van der Waals surface area contributed by atoms with Crippen molar-refractivity contribution in [2.75, 3.05) is 23.4 Å². The maximum Gasteiger partial charge on any atom is 0.262 e. The number of carbonyl (C=O) groups is 2. The Hall–Kier alpha value is -1.66. The van der Waals surface area contributed by atoms with E-state index in [0.29, 0.717) is 28.7 Å². The minimum absolute atomic E-state index is 0.0341. The maximum atomic E-state index is 13.2. The van der Waals surface area contributed by atoms with Crippen LogP contribution in [-0.4, -0.2) is 44.4 Å². The van der Waals surface area contributed by atoms with E-state index in [1.165, 1.54) is 11.3 Å². The van der Waals surface area contributed by atoms with Crippen molar-refractivity contribution in [3.8, 4) is 5.75 Å². The minimum atomic E-state index is -3.10. The molecule has 2 aromatic rings. The van der Waals surface area contributed by atoms with Crippen LogP contribution >= 0.6 is 33.9 Å². The number of thiophene rings is 1. The lowest BCUT2D eigenvalue weighted by atomic mass is 9.88. The summed E-state index contributed by atoms with van der Waals surface area (Å²) in [6.45, 7) is 2.01. The van der Waals surface area contributed by atoms with E-state index in [1.807, 2.05) is 12.1 Å². The molecule has 2 amide bonds. The van der Waals surface area contributed by atoms with E-state index in [4.69, 9.17) is 4.74 Å². The van der Waals surface area contributed by atoms with Crippen molar-refractivity contribution in [3.63, 3.8) is 0 Å². The number of hydrogen-bond donors (Lipinski definition) is 2. The van der Waals surface area contributed by atoms with Gasteiger partial charge in [-0.05, 0) is 84.0 Å². The molecule has 0 radical (unpaired) electrons. The molecule has 10 heteroatoms. The van der Waals surface area contributed by atoms with Gasteiger partial charge in [0.25, 0.3) is 11.8 Å². The summed E-state index contributed by atoms with van der Waals surface area (Å²) in [6.07, 6.45) is 3.04. The molecule has 0 saturated carbocycles. The molecular formula is C22H25IN2O5S2. The number of benzene rings is 1. The van der Waals surface area contributed by atoms with Crippen molar-refractivity contribution in [3.05, 3.63) is 43.8 Å². The Kier molecular flexibility index (Phi) is 7.11. The second-order valence-corrected chi connectivity index (χ2v) is 13.0. The van der Waals surface area contributed by atoms with Gasteiger partial charge < -0.3 is 15.4 Å². The molecule has 1 aromatic heterocycles. The summed E-state index contributed by atoms with van der Waals surface area (Å²) in [5.74, 6) is 0.524. The number of amides is 2. The second-order valence-electron chi connectivity index (χ2n) is 8.42. The van der Waals surface area contributed by atoms with Crippen LogP contribution in [0.4, 0.5) is 5.00 Å². The maximum absolute atomic E-state index is 13.2. The molecule has 1 aromatic carbocycles. The zero-order valence-corrected chi connectivity index (χ0v) is 21.4. The Morgan fingerprint density at radius 3 is 2.66 bits per heavy atom. The predicted molar refractivity (Wildman–Crippen MR) is 133 cm³/mol. The molecule has 2 aliphatic rings. The van der Waals surface area contributed by atoms with Gasteiger partial charge in [0.05, 0.1) is 17.1 Å². The molecule has 1 aliphatic carbocycles. The zero-order chi connectivity index (χ0) is 22.9. The highest BCUT2D eigenvalue weighted by Crippen LogP contribution is 2.39. The number of rotatable bonds is 6. The van der Waals surface area contributed by atoms with Gasteiger partial charge >= 0.3 is 0 Å². The van der Waals surface area contributed by atoms with Crippen LogP contribution in [0, 0.1) is 9.49 Å². The molecule has 7 nitrogen and oxygen atoms in total. The first-order valence-corrected chi connectivity index (χ1v) is 14.3. The summed E-state index contributed by atoms with van der Waals surface area (Å²) in [4.78, 5) is 26.9. The summed E-state index contributed by atoms with van der Waals surface area (Å²) in [5, 5.41) is 6.25. The number of anilines is 1. The zero-order valence-electron chi connectivity index (χ0n) is 17.6. The third-order valence-corrected chi connectivity index (χ3v) is 9.40. The normalized spacial score (nSPS) is 21.6. The van der Waals surface area contributed by atoms with E-state index >= 15 is 0 Å². The van der Waals surface area contributed by atoms with Gasteiger partial charge in [0, 0.05) is 14.5 Å². The fourth-order valence-electron chi connectivity index (χ4n) is 4.09. The smallest absolute Gasteiger partial charge is 0.262 e. The van der Waals surface area contributed by atoms with Gasteiger partial charge in [-0.1, -0.05) is 6.92 Å². The molecular weight excluding hydrogens is 563 g/mol. The molecule has 32 heavy (non-hydrogen) atoms. The average Bonchev–Trinajstić information content (AvgIpc) is 3.25. The third-order valence-electron chi connectivity index (χ3n) is 5.74. The Morgan fingerprint density at radius 2 is 1.97 bits per heavy atom. The lowest BCUT2D eigenvalue weighted by Crippen LogP contribution is -2.36. The Morgan fingerprint density at radius 1 is 1.22 bits per heavy atom. The van der Waals surface area contributed by atoms with Crippen LogP contribution in [0.5, 0.6) is 5.75 Å². The van der Waals surface area contributed by atoms with E-state index in [9.17, 15) is 18.0 Å². The predicted octanol–water partition coefficient (Wildman–Crippen LogP) is 3.41. The van der Waals surface area contributed by atoms with Crippen molar-refractivity contribution in [1.82, 2.24) is 5.32 Å². The fraction of sp³-hybridized carbons (Fsp3) is 0.455. The van der Waals surface area contributed by atoms with Crippen molar-refractivity contribution in [2.45, 2.75) is 38.6 Å². The summed E-state index contributed by atoms with van der Waals surface area (Å²) in [5.41, 5.74) is 1.45. The molecule has 1 aliphatic heterocycles. The van der Waals surface area contributed by atoms with E-state index in [2.05, 4.69) is 40.1 Å². The minimum Gasteiger partial charge on any atom is -0.484 e. The van der Waals surface area contributed by atoms with E-state index < -0.39 is 15.9 Å². The van der Waals surface area contributed by atoms with Crippen LogP contribution in [-0.2, 0) is 27.5 Å². The Balaban J connectivity index is 1.49. The van der Waals surface area contributed by atoms with Gasteiger partial charge in [0.15, 0.2) is 16.4 Å². The summed E-state index contributed by atoms with van der Waals surface area (Å²) < 4.78 is 30.2. The lowest BCUT2D eigenvalue weighted by molar-refractivity contribution is -0.118. The van der Waals surface area contributed by atoms with Crippen LogP contribution in [0.1, 0.15) is 40.6 Å². The molecule has 2 atom stereocenters. The molecule has 0 bridgehead atoms. The fourth-order valence-corrected chi connectivity index (χ4v) is 7.55. The number of sulfone groups is 1. The number of carbonyl (C=O) groups excluding carboxylic acids is 2. The van der Waals surface area contributed by atoms with Gasteiger partial charge in [-0.3, -0.25) is 9.59 Å². The Bertz CT molecular complexity index is 1130. The largest absolute Gasteiger partial charge is 0.484 e. The molecule has 4 rings (SSSR count). The van der Waals surface area contributed by atoms with Gasteiger partial charge in [0.1, 0.15) is 10.8 Å². The van der Waals surface area contributed by atoms with Gasteiger partial charge in [-0.2, -0.15) is 0 Å². The lowest BCUT2D eigenvalue weighted by Gasteiger charge is -2.19. The standard InChI is InChI=1S/C22H25IN2O5S2/c1-13-2-7-17-18(10-13)31-22(20(17)21(27)24-15-8-9-32(28,29)12-15)25-19(26)11-30-16-5-3-14(23)4-6-16/h3-6,13,15H,2,7-12H2,1H3,(H,24,27)(H,25,26). The van der Waals surface area contributed by atoms with Gasteiger partial charge in [0.2, 0.25) is 0 Å². The van der Waals surface area contributed by atoms with Crippen LogP contribution in [0.3, 0.4) is 0 Å². The summed E-state index contributed by atoms with van der Waals surface area (Å²) in [7, 11) is -3.10. The highest BCUT2D eigenvalue weighted by molar-refractivity contribution is 14.1. The monoisotopic (exact) mass is 588 g/mol. The van der Waals surface area contributed by atoms with Crippen LogP contribution in [0.2, 0.25) is 0 Å². The highest BCUT2D eigenvalue weighted by Gasteiger charge is 2.33. The molecule has 1 fully saturated rings. The summed E-state index contributed by atoms with van der Waals surface area (Å²) >= 11 is 3.63. The van der Waals surface area contributed by atoms with Gasteiger partial charge in [-0.25, -0.2) is 8.42 Å². The number of fused-ring (bicyclic) bond motifs is 1. The Labute approximate surface area is 205 Å². The quantitative estimate of drug-likeness (QED) is 0.504. The van der Waals surface area contributed by atoms with Crippen LogP contribution in [0.25, 0.3) is 0 Å². The molecule has 1 saturated heterocycles. The first-order valence-electron chi connectivity index (χ1n) is 10.5. The molecule has 2 heterocycles. The molecule has 2 N–H and O–H groups in total. The first kappa shape index (κ1) is 23.5. The van der Waals surface area contributed by atoms with Crippen molar-refractivity contribution >= 4 is 60.6 Å².